The highest BCUT2D eigenvalue weighted by Crippen LogP contribution is 2.25. The predicted octanol–water partition coefficient (Wildman–Crippen LogP) is 2.21. The standard InChI is InChI=1S/C21H27N5O/c1-25(2)18-5-3-16(4-6-18)21(27)26-12-9-19-17(14-26)13-23-20(24-19)15-7-10-22-11-8-15/h3-6,13,15,22H,7-12,14H2,1-2H3. The van der Waals surface area contributed by atoms with Crippen LogP contribution < -0.4 is 10.2 Å². The number of carbonyl (C=O) groups excluding carboxylic acids is 1. The van der Waals surface area contributed by atoms with E-state index in [0.717, 1.165) is 60.7 Å². The zero-order chi connectivity index (χ0) is 18.8. The maximum absolute atomic E-state index is 12.9. The molecule has 0 radical (unpaired) electrons. The van der Waals surface area contributed by atoms with Crippen molar-refractivity contribution < 1.29 is 4.79 Å². The average Bonchev–Trinajstić information content (AvgIpc) is 2.73. The summed E-state index contributed by atoms with van der Waals surface area (Å²) in [5.41, 5.74) is 4.02. The number of nitrogens with zero attached hydrogens (tertiary/aromatic N) is 4. The third-order valence-corrected chi connectivity index (χ3v) is 5.57. The number of carbonyl (C=O) groups is 1. The van der Waals surface area contributed by atoms with Gasteiger partial charge in [-0.2, -0.15) is 0 Å². The van der Waals surface area contributed by atoms with Crippen LogP contribution in [0.2, 0.25) is 0 Å². The van der Waals surface area contributed by atoms with Gasteiger partial charge in [-0.25, -0.2) is 9.97 Å². The molecule has 0 spiro atoms. The molecule has 3 heterocycles. The van der Waals surface area contributed by atoms with E-state index in [9.17, 15) is 4.79 Å². The summed E-state index contributed by atoms with van der Waals surface area (Å²) in [6.45, 7) is 3.39. The highest BCUT2D eigenvalue weighted by atomic mass is 16.2. The number of hydrogen-bond acceptors (Lipinski definition) is 5. The van der Waals surface area contributed by atoms with E-state index in [1.807, 2.05) is 54.4 Å². The third kappa shape index (κ3) is 3.81. The first-order valence-electron chi connectivity index (χ1n) is 9.74. The highest BCUT2D eigenvalue weighted by Gasteiger charge is 2.25. The fourth-order valence-corrected chi connectivity index (χ4v) is 3.87. The number of amides is 1. The largest absolute Gasteiger partial charge is 0.378 e. The van der Waals surface area contributed by atoms with Crippen LogP contribution in [0.5, 0.6) is 0 Å². The Labute approximate surface area is 160 Å². The number of piperidine rings is 1. The molecule has 0 bridgehead atoms. The minimum atomic E-state index is 0.0772. The van der Waals surface area contributed by atoms with Gasteiger partial charge in [0.15, 0.2) is 0 Å². The molecule has 1 amide bonds. The van der Waals surface area contributed by atoms with Crippen LogP contribution in [0.1, 0.15) is 46.2 Å². The van der Waals surface area contributed by atoms with Crippen LogP contribution in [0.15, 0.2) is 30.5 Å². The van der Waals surface area contributed by atoms with Gasteiger partial charge in [0.25, 0.3) is 5.91 Å². The molecule has 4 rings (SSSR count). The van der Waals surface area contributed by atoms with Crippen molar-refractivity contribution in [3.63, 3.8) is 0 Å². The Bertz CT molecular complexity index is 812. The summed E-state index contributed by atoms with van der Waals surface area (Å²) in [7, 11) is 3.99. The molecule has 0 aliphatic carbocycles. The molecule has 1 aromatic heterocycles. The summed E-state index contributed by atoms with van der Waals surface area (Å²) >= 11 is 0. The summed E-state index contributed by atoms with van der Waals surface area (Å²) in [6, 6.07) is 7.78. The zero-order valence-electron chi connectivity index (χ0n) is 16.1. The van der Waals surface area contributed by atoms with Crippen LogP contribution in [0.4, 0.5) is 5.69 Å². The normalized spacial score (nSPS) is 17.5. The van der Waals surface area contributed by atoms with Crippen molar-refractivity contribution >= 4 is 11.6 Å². The number of nitrogens with one attached hydrogen (secondary N) is 1. The van der Waals surface area contributed by atoms with Gasteiger partial charge in [-0.3, -0.25) is 4.79 Å². The predicted molar refractivity (Wildman–Crippen MR) is 106 cm³/mol. The third-order valence-electron chi connectivity index (χ3n) is 5.57. The first-order chi connectivity index (χ1) is 13.1. The molecule has 1 N–H and O–H groups in total. The second-order valence-electron chi connectivity index (χ2n) is 7.64. The average molecular weight is 365 g/mol. The fourth-order valence-electron chi connectivity index (χ4n) is 3.87. The maximum Gasteiger partial charge on any atom is 0.254 e. The van der Waals surface area contributed by atoms with Crippen molar-refractivity contribution in [3.8, 4) is 0 Å². The molecule has 1 aromatic carbocycles. The lowest BCUT2D eigenvalue weighted by Gasteiger charge is -2.29. The Morgan fingerprint density at radius 3 is 2.63 bits per heavy atom. The molecule has 6 heteroatoms. The molecule has 142 valence electrons. The molecule has 1 saturated heterocycles. The number of rotatable bonds is 3. The summed E-state index contributed by atoms with van der Waals surface area (Å²) < 4.78 is 0. The number of anilines is 1. The molecule has 0 unspecified atom stereocenters. The Hall–Kier alpha value is -2.47. The van der Waals surface area contributed by atoms with E-state index in [4.69, 9.17) is 4.98 Å². The molecule has 1 fully saturated rings. The smallest absolute Gasteiger partial charge is 0.254 e. The van der Waals surface area contributed by atoms with Crippen molar-refractivity contribution in [3.05, 3.63) is 53.1 Å². The summed E-state index contributed by atoms with van der Waals surface area (Å²) in [5.74, 6) is 1.52. The zero-order valence-corrected chi connectivity index (χ0v) is 16.1. The minimum absolute atomic E-state index is 0.0772. The van der Waals surface area contributed by atoms with E-state index in [-0.39, 0.29) is 5.91 Å². The Balaban J connectivity index is 1.47. The molecule has 6 nitrogen and oxygen atoms in total. The van der Waals surface area contributed by atoms with Gasteiger partial charge in [-0.05, 0) is 50.2 Å². The van der Waals surface area contributed by atoms with Crippen LogP contribution in [-0.2, 0) is 13.0 Å². The number of hydrogen-bond donors (Lipinski definition) is 1. The molecule has 2 aliphatic rings. The van der Waals surface area contributed by atoms with Crippen molar-refractivity contribution in [2.45, 2.75) is 31.7 Å². The lowest BCUT2D eigenvalue weighted by molar-refractivity contribution is 0.0733. The topological polar surface area (TPSA) is 61.4 Å². The monoisotopic (exact) mass is 365 g/mol. The van der Waals surface area contributed by atoms with Crippen LogP contribution in [0.25, 0.3) is 0 Å². The van der Waals surface area contributed by atoms with Crippen molar-refractivity contribution in [2.75, 3.05) is 38.6 Å². The Morgan fingerprint density at radius 1 is 1.19 bits per heavy atom. The van der Waals surface area contributed by atoms with Gasteiger partial charge >= 0.3 is 0 Å². The highest BCUT2D eigenvalue weighted by molar-refractivity contribution is 5.94. The van der Waals surface area contributed by atoms with E-state index in [2.05, 4.69) is 10.3 Å². The summed E-state index contributed by atoms with van der Waals surface area (Å²) in [5, 5.41) is 3.39. The van der Waals surface area contributed by atoms with Gasteiger partial charge in [0.05, 0.1) is 5.69 Å². The van der Waals surface area contributed by atoms with Crippen LogP contribution in [-0.4, -0.2) is 54.5 Å². The number of aromatic nitrogens is 2. The Kier molecular flexibility index (Phi) is 5.07. The van der Waals surface area contributed by atoms with Crippen LogP contribution >= 0.6 is 0 Å². The summed E-state index contributed by atoms with van der Waals surface area (Å²) in [6.07, 6.45) is 4.95. The van der Waals surface area contributed by atoms with Gasteiger partial charge in [0.2, 0.25) is 0 Å². The van der Waals surface area contributed by atoms with Gasteiger partial charge in [-0.15, -0.1) is 0 Å². The first-order valence-corrected chi connectivity index (χ1v) is 9.74. The quantitative estimate of drug-likeness (QED) is 0.904. The van der Waals surface area contributed by atoms with E-state index < -0.39 is 0 Å². The van der Waals surface area contributed by atoms with E-state index in [1.165, 1.54) is 0 Å². The number of fused-ring (bicyclic) bond motifs is 1. The van der Waals surface area contributed by atoms with Gasteiger partial charge in [0.1, 0.15) is 5.82 Å². The molecule has 2 aliphatic heterocycles. The van der Waals surface area contributed by atoms with Gasteiger partial charge < -0.3 is 15.1 Å². The lowest BCUT2D eigenvalue weighted by atomic mass is 9.96. The molecule has 0 saturated carbocycles. The van der Waals surface area contributed by atoms with E-state index >= 15 is 0 Å². The van der Waals surface area contributed by atoms with Crippen molar-refractivity contribution in [1.29, 1.82) is 0 Å². The van der Waals surface area contributed by atoms with Crippen LogP contribution in [0.3, 0.4) is 0 Å². The maximum atomic E-state index is 12.9. The molecular formula is C21H27N5O. The fraction of sp³-hybridized carbons (Fsp3) is 0.476. The second kappa shape index (κ2) is 7.64. The molecular weight excluding hydrogens is 338 g/mol. The van der Waals surface area contributed by atoms with Gasteiger partial charge in [0, 0.05) is 62.5 Å². The van der Waals surface area contributed by atoms with Gasteiger partial charge in [-0.1, -0.05) is 0 Å². The number of benzene rings is 1. The lowest BCUT2D eigenvalue weighted by Crippen LogP contribution is -2.37. The van der Waals surface area contributed by atoms with E-state index in [0.29, 0.717) is 19.0 Å². The molecule has 0 atom stereocenters. The minimum Gasteiger partial charge on any atom is -0.378 e. The first kappa shape index (κ1) is 17.9. The SMILES string of the molecule is CN(C)c1ccc(C(=O)N2CCc3nc(C4CCNCC4)ncc3C2)cc1. The molecule has 2 aromatic rings. The van der Waals surface area contributed by atoms with Crippen LogP contribution in [0, 0.1) is 0 Å². The summed E-state index contributed by atoms with van der Waals surface area (Å²) in [4.78, 5) is 26.3. The van der Waals surface area contributed by atoms with Crippen molar-refractivity contribution in [1.82, 2.24) is 20.2 Å². The molecule has 27 heavy (non-hydrogen) atoms. The van der Waals surface area contributed by atoms with Crippen molar-refractivity contribution in [2.24, 2.45) is 0 Å². The second-order valence-corrected chi connectivity index (χ2v) is 7.64. The Morgan fingerprint density at radius 2 is 1.93 bits per heavy atom. The van der Waals surface area contributed by atoms with E-state index in [1.54, 1.807) is 0 Å².